The van der Waals surface area contributed by atoms with Crippen molar-refractivity contribution in [3.05, 3.63) is 65.7 Å². The highest BCUT2D eigenvalue weighted by Gasteiger charge is 2.45. The van der Waals surface area contributed by atoms with E-state index in [0.29, 0.717) is 5.11 Å². The summed E-state index contributed by atoms with van der Waals surface area (Å²) in [6.07, 6.45) is 0.735. The lowest BCUT2D eigenvalue weighted by molar-refractivity contribution is -0.119. The van der Waals surface area contributed by atoms with Crippen molar-refractivity contribution in [2.45, 2.75) is 19.0 Å². The van der Waals surface area contributed by atoms with Gasteiger partial charge in [-0.1, -0.05) is 42.5 Å². The van der Waals surface area contributed by atoms with Gasteiger partial charge >= 0.3 is 0 Å². The predicted octanol–water partition coefficient (Wildman–Crippen LogP) is 2.75. The van der Waals surface area contributed by atoms with Crippen molar-refractivity contribution in [3.8, 4) is 0 Å². The van der Waals surface area contributed by atoms with Crippen LogP contribution in [0.4, 0.5) is 5.69 Å². The lowest BCUT2D eigenvalue weighted by Gasteiger charge is -2.30. The predicted molar refractivity (Wildman–Crippen MR) is 86.0 cm³/mol. The van der Waals surface area contributed by atoms with E-state index in [1.54, 1.807) is 4.90 Å². The summed E-state index contributed by atoms with van der Waals surface area (Å²) in [7, 11) is 0. The molecule has 1 amide bonds. The van der Waals surface area contributed by atoms with Gasteiger partial charge in [0.15, 0.2) is 5.11 Å². The van der Waals surface area contributed by atoms with E-state index in [1.165, 1.54) is 11.1 Å². The first-order valence-electron chi connectivity index (χ1n) is 7.02. The van der Waals surface area contributed by atoms with Crippen molar-refractivity contribution >= 4 is 28.9 Å². The molecule has 1 saturated heterocycles. The van der Waals surface area contributed by atoms with Crippen LogP contribution in [0.25, 0.3) is 0 Å². The molecule has 1 atom stereocenters. The minimum Gasteiger partial charge on any atom is -0.332 e. The van der Waals surface area contributed by atoms with E-state index in [0.717, 1.165) is 18.7 Å². The third kappa shape index (κ3) is 1.87. The minimum absolute atomic E-state index is 0.0840. The number of benzene rings is 2. The number of para-hydroxylation sites is 1. The Labute approximate surface area is 128 Å². The Morgan fingerprint density at radius 3 is 2.38 bits per heavy atom. The molecule has 2 aromatic rings. The van der Waals surface area contributed by atoms with Gasteiger partial charge in [-0.25, -0.2) is 0 Å². The summed E-state index contributed by atoms with van der Waals surface area (Å²) < 4.78 is 0. The standard InChI is InChI=1S/C17H14N2OS/c20-16-15-10-12-6-4-5-7-13(12)11-18(15)17(21)19(16)14-8-2-1-3-9-14/h1-9,15H,10-11H2. The van der Waals surface area contributed by atoms with E-state index in [2.05, 4.69) is 12.1 Å². The van der Waals surface area contributed by atoms with Gasteiger partial charge in [0.2, 0.25) is 0 Å². The zero-order valence-corrected chi connectivity index (χ0v) is 12.2. The average Bonchev–Trinajstić information content (AvgIpc) is 2.77. The SMILES string of the molecule is O=C1C2Cc3ccccc3CN2C(=S)N1c1ccccc1. The monoisotopic (exact) mass is 294 g/mol. The molecule has 2 aliphatic rings. The van der Waals surface area contributed by atoms with Crippen LogP contribution in [-0.4, -0.2) is 22.0 Å². The number of thiocarbonyl (C=S) groups is 1. The molecule has 21 heavy (non-hydrogen) atoms. The highest BCUT2D eigenvalue weighted by molar-refractivity contribution is 7.80. The maximum Gasteiger partial charge on any atom is 0.256 e. The molecular formula is C17H14N2OS. The Bertz CT molecular complexity index is 686. The number of hydrogen-bond acceptors (Lipinski definition) is 2. The van der Waals surface area contributed by atoms with E-state index in [9.17, 15) is 4.79 Å². The fourth-order valence-corrected chi connectivity index (χ4v) is 3.52. The molecule has 0 N–H and O–H groups in total. The molecule has 1 fully saturated rings. The van der Waals surface area contributed by atoms with Crippen LogP contribution < -0.4 is 4.90 Å². The number of carbonyl (C=O) groups is 1. The number of amides is 1. The van der Waals surface area contributed by atoms with Crippen LogP contribution in [0.1, 0.15) is 11.1 Å². The van der Waals surface area contributed by atoms with Gasteiger partial charge in [-0.2, -0.15) is 0 Å². The maximum absolute atomic E-state index is 12.8. The summed E-state index contributed by atoms with van der Waals surface area (Å²) in [6, 6.07) is 17.8. The summed E-state index contributed by atoms with van der Waals surface area (Å²) in [5.41, 5.74) is 3.37. The second-order valence-electron chi connectivity index (χ2n) is 5.41. The fraction of sp³-hybridized carbons (Fsp3) is 0.176. The van der Waals surface area contributed by atoms with Gasteiger partial charge in [-0.3, -0.25) is 9.69 Å². The Hall–Kier alpha value is -2.20. The molecular weight excluding hydrogens is 280 g/mol. The Morgan fingerprint density at radius 2 is 1.62 bits per heavy atom. The van der Waals surface area contributed by atoms with Gasteiger partial charge in [0.05, 0.1) is 5.69 Å². The van der Waals surface area contributed by atoms with Gasteiger partial charge in [0, 0.05) is 13.0 Å². The normalized spacial score (nSPS) is 20.5. The Balaban J connectivity index is 1.73. The summed E-state index contributed by atoms with van der Waals surface area (Å²) >= 11 is 5.56. The molecule has 2 aromatic carbocycles. The topological polar surface area (TPSA) is 23.6 Å². The van der Waals surface area contributed by atoms with Crippen molar-refractivity contribution in [2.24, 2.45) is 0 Å². The first-order valence-corrected chi connectivity index (χ1v) is 7.43. The Morgan fingerprint density at radius 1 is 0.952 bits per heavy atom. The summed E-state index contributed by atoms with van der Waals surface area (Å²) in [6.45, 7) is 0.717. The summed E-state index contributed by atoms with van der Waals surface area (Å²) in [5, 5.41) is 0.616. The van der Waals surface area contributed by atoms with Crippen LogP contribution in [0.5, 0.6) is 0 Å². The van der Waals surface area contributed by atoms with Crippen molar-refractivity contribution in [3.63, 3.8) is 0 Å². The quantitative estimate of drug-likeness (QED) is 0.756. The fourth-order valence-electron chi connectivity index (χ4n) is 3.13. The molecule has 2 heterocycles. The Kier molecular flexibility index (Phi) is 2.79. The van der Waals surface area contributed by atoms with E-state index in [1.807, 2.05) is 47.4 Å². The van der Waals surface area contributed by atoms with E-state index < -0.39 is 0 Å². The molecule has 1 unspecified atom stereocenters. The van der Waals surface area contributed by atoms with E-state index in [4.69, 9.17) is 12.2 Å². The van der Waals surface area contributed by atoms with E-state index in [-0.39, 0.29) is 11.9 Å². The third-order valence-corrected chi connectivity index (χ3v) is 4.62. The van der Waals surface area contributed by atoms with Crippen LogP contribution in [0.3, 0.4) is 0 Å². The minimum atomic E-state index is -0.160. The molecule has 3 nitrogen and oxygen atoms in total. The smallest absolute Gasteiger partial charge is 0.256 e. The second kappa shape index (κ2) is 4.67. The number of rotatable bonds is 1. The van der Waals surface area contributed by atoms with Gasteiger partial charge in [0.25, 0.3) is 5.91 Å². The molecule has 0 radical (unpaired) electrons. The molecule has 104 valence electrons. The number of hydrogen-bond donors (Lipinski definition) is 0. The first kappa shape index (κ1) is 12.5. The van der Waals surface area contributed by atoms with Crippen molar-refractivity contribution < 1.29 is 4.79 Å². The van der Waals surface area contributed by atoms with Gasteiger partial charge in [-0.15, -0.1) is 0 Å². The number of fused-ring (bicyclic) bond motifs is 2. The molecule has 0 saturated carbocycles. The van der Waals surface area contributed by atoms with E-state index >= 15 is 0 Å². The number of anilines is 1. The van der Waals surface area contributed by atoms with Gasteiger partial charge < -0.3 is 4.90 Å². The molecule has 0 aromatic heterocycles. The zero-order valence-electron chi connectivity index (χ0n) is 11.4. The summed E-state index contributed by atoms with van der Waals surface area (Å²) in [5.74, 6) is 0.0840. The third-order valence-electron chi connectivity index (χ3n) is 4.21. The zero-order chi connectivity index (χ0) is 14.4. The lowest BCUT2D eigenvalue weighted by Crippen LogP contribution is -2.39. The second-order valence-corrected chi connectivity index (χ2v) is 5.77. The van der Waals surface area contributed by atoms with Gasteiger partial charge in [0.1, 0.15) is 6.04 Å². The van der Waals surface area contributed by atoms with Crippen LogP contribution >= 0.6 is 12.2 Å². The molecule has 2 aliphatic heterocycles. The first-order chi connectivity index (χ1) is 10.3. The average molecular weight is 294 g/mol. The highest BCUT2D eigenvalue weighted by Crippen LogP contribution is 2.32. The molecule has 4 heteroatoms. The molecule has 0 aliphatic carbocycles. The molecule has 0 bridgehead atoms. The van der Waals surface area contributed by atoms with Gasteiger partial charge in [-0.05, 0) is 35.5 Å². The maximum atomic E-state index is 12.8. The molecule has 4 rings (SSSR count). The van der Waals surface area contributed by atoms with Crippen LogP contribution in [-0.2, 0) is 17.8 Å². The van der Waals surface area contributed by atoms with Crippen LogP contribution in [0.15, 0.2) is 54.6 Å². The van der Waals surface area contributed by atoms with Crippen molar-refractivity contribution in [2.75, 3.05) is 4.90 Å². The summed E-state index contributed by atoms with van der Waals surface area (Å²) in [4.78, 5) is 16.5. The highest BCUT2D eigenvalue weighted by atomic mass is 32.1. The van der Waals surface area contributed by atoms with Crippen molar-refractivity contribution in [1.82, 2.24) is 4.90 Å². The van der Waals surface area contributed by atoms with Crippen LogP contribution in [0, 0.1) is 0 Å². The van der Waals surface area contributed by atoms with Crippen molar-refractivity contribution in [1.29, 1.82) is 0 Å². The molecule has 0 spiro atoms. The lowest BCUT2D eigenvalue weighted by atomic mass is 9.95. The largest absolute Gasteiger partial charge is 0.332 e. The number of carbonyl (C=O) groups excluding carboxylic acids is 1. The number of nitrogens with zero attached hydrogens (tertiary/aromatic N) is 2. The van der Waals surface area contributed by atoms with Crippen LogP contribution in [0.2, 0.25) is 0 Å².